The number of carboxylic acids is 1. The molecular weight excluding hydrogens is 574 g/mol. The van der Waals surface area contributed by atoms with Crippen molar-refractivity contribution >= 4 is 17.8 Å². The summed E-state index contributed by atoms with van der Waals surface area (Å²) in [6, 6.07) is 18.1. The second-order valence-electron chi connectivity index (χ2n) is 10.1. The zero-order valence-corrected chi connectivity index (χ0v) is 24.4. The zero-order chi connectivity index (χ0) is 32.1. The number of nitrogens with two attached hydrogens (primary N) is 1. The van der Waals surface area contributed by atoms with Crippen LogP contribution in [0.15, 0.2) is 66.7 Å². The minimum atomic E-state index is -1.51. The molecule has 0 bridgehead atoms. The Kier molecular flexibility index (Phi) is 9.54. The van der Waals surface area contributed by atoms with Crippen molar-refractivity contribution in [1.29, 1.82) is 0 Å². The van der Waals surface area contributed by atoms with Crippen molar-refractivity contribution in [3.8, 4) is 34.4 Å². The highest BCUT2D eigenvalue weighted by atomic mass is 19.1. The molecule has 4 rings (SSSR count). The largest absolute Gasteiger partial charge is 0.478 e. The first-order valence-electron chi connectivity index (χ1n) is 13.3. The first kappa shape index (κ1) is 31.6. The summed E-state index contributed by atoms with van der Waals surface area (Å²) in [7, 11) is 4.13. The van der Waals surface area contributed by atoms with Crippen LogP contribution in [0.2, 0.25) is 0 Å². The van der Waals surface area contributed by atoms with Crippen LogP contribution in [0.5, 0.6) is 23.3 Å². The summed E-state index contributed by atoms with van der Waals surface area (Å²) >= 11 is 0. The van der Waals surface area contributed by atoms with E-state index >= 15 is 8.78 Å². The highest BCUT2D eigenvalue weighted by Gasteiger charge is 2.31. The van der Waals surface area contributed by atoms with E-state index < -0.39 is 53.3 Å². The molecule has 44 heavy (non-hydrogen) atoms. The van der Waals surface area contributed by atoms with Crippen LogP contribution in [0.3, 0.4) is 0 Å². The van der Waals surface area contributed by atoms with Crippen molar-refractivity contribution in [1.82, 2.24) is 14.8 Å². The molecular formula is C32H30F2N4O6. The van der Waals surface area contributed by atoms with Gasteiger partial charge in [0.15, 0.2) is 0 Å². The normalized spacial score (nSPS) is 10.7. The molecule has 0 saturated heterocycles. The van der Waals surface area contributed by atoms with Gasteiger partial charge >= 0.3 is 5.97 Å². The number of aromatic carboxylic acids is 1. The van der Waals surface area contributed by atoms with Crippen molar-refractivity contribution in [2.45, 2.75) is 13.5 Å². The first-order chi connectivity index (χ1) is 20.9. The highest BCUT2D eigenvalue weighted by molar-refractivity contribution is 5.97. The van der Waals surface area contributed by atoms with E-state index in [1.165, 1.54) is 50.3 Å². The smallest absolute Gasteiger partial charge is 0.339 e. The topological polar surface area (TPSA) is 135 Å². The van der Waals surface area contributed by atoms with Gasteiger partial charge in [-0.2, -0.15) is 13.8 Å². The van der Waals surface area contributed by atoms with E-state index in [9.17, 15) is 19.5 Å². The maximum Gasteiger partial charge on any atom is 0.339 e. The van der Waals surface area contributed by atoms with E-state index in [4.69, 9.17) is 15.2 Å². The number of nitrogens with zero attached hydrogens (tertiary/aromatic N) is 3. The molecule has 0 aliphatic carbocycles. The lowest BCUT2D eigenvalue weighted by Crippen LogP contribution is -2.38. The van der Waals surface area contributed by atoms with Crippen LogP contribution >= 0.6 is 0 Å². The van der Waals surface area contributed by atoms with Gasteiger partial charge in [-0.15, -0.1) is 0 Å². The minimum Gasteiger partial charge on any atom is -0.478 e. The number of likely N-dealkylation sites (N-methyl/N-ethyl adjacent to an activating group) is 2. The number of hydrogen-bond acceptors (Lipinski definition) is 7. The number of amides is 2. The summed E-state index contributed by atoms with van der Waals surface area (Å²) < 4.78 is 43.0. The Bertz CT molecular complexity index is 1740. The van der Waals surface area contributed by atoms with E-state index in [0.717, 1.165) is 16.0 Å². The molecule has 10 nitrogen and oxygen atoms in total. The predicted molar refractivity (Wildman–Crippen MR) is 158 cm³/mol. The number of pyridine rings is 1. The van der Waals surface area contributed by atoms with E-state index in [2.05, 4.69) is 4.98 Å². The molecule has 0 unspecified atom stereocenters. The Labute approximate surface area is 252 Å². The van der Waals surface area contributed by atoms with Gasteiger partial charge in [-0.1, -0.05) is 36.4 Å². The molecule has 3 aromatic carbocycles. The van der Waals surface area contributed by atoms with Crippen LogP contribution in [-0.4, -0.2) is 65.4 Å². The number of halogens is 2. The van der Waals surface area contributed by atoms with Crippen LogP contribution in [0, 0.1) is 18.6 Å². The SMILES string of the molecule is Cc1ccc(C(=O)O)c(Oc2nc(Oc3cccc(-c4cccc(CN)c4)c3)c(F)c(C(=O)N(C)CC(=O)N(C)C)c2F)c1. The molecule has 0 saturated carbocycles. The monoisotopic (exact) mass is 604 g/mol. The Morgan fingerprint density at radius 1 is 0.886 bits per heavy atom. The van der Waals surface area contributed by atoms with Gasteiger partial charge in [0.05, 0.1) is 6.54 Å². The number of aromatic nitrogens is 1. The summed E-state index contributed by atoms with van der Waals surface area (Å²) in [6.45, 7) is 1.50. The molecule has 0 fully saturated rings. The average Bonchev–Trinajstić information content (AvgIpc) is 2.99. The van der Waals surface area contributed by atoms with Gasteiger partial charge in [-0.3, -0.25) is 9.59 Å². The number of carboxylic acid groups (broad SMARTS) is 1. The Morgan fingerprint density at radius 3 is 2.16 bits per heavy atom. The third-order valence-corrected chi connectivity index (χ3v) is 6.57. The molecule has 1 aromatic heterocycles. The number of benzene rings is 3. The quantitative estimate of drug-likeness (QED) is 0.251. The first-order valence-corrected chi connectivity index (χ1v) is 13.3. The summed E-state index contributed by atoms with van der Waals surface area (Å²) in [5.74, 6) is -7.92. The summed E-state index contributed by atoms with van der Waals surface area (Å²) in [5, 5.41) is 9.61. The molecule has 228 valence electrons. The van der Waals surface area contributed by atoms with E-state index in [1.807, 2.05) is 24.3 Å². The van der Waals surface area contributed by atoms with E-state index in [-0.39, 0.29) is 17.1 Å². The maximum absolute atomic E-state index is 15.9. The number of ether oxygens (including phenoxy) is 2. The zero-order valence-electron chi connectivity index (χ0n) is 24.4. The van der Waals surface area contributed by atoms with Crippen molar-refractivity contribution in [2.75, 3.05) is 27.7 Å². The number of carbonyl (C=O) groups excluding carboxylic acids is 2. The van der Waals surface area contributed by atoms with Gasteiger partial charge in [-0.25, -0.2) is 4.79 Å². The molecule has 0 aliphatic heterocycles. The predicted octanol–water partition coefficient (Wildman–Crippen LogP) is 5.24. The second kappa shape index (κ2) is 13.3. The third-order valence-electron chi connectivity index (χ3n) is 6.57. The van der Waals surface area contributed by atoms with Crippen molar-refractivity contribution in [3.63, 3.8) is 0 Å². The second-order valence-corrected chi connectivity index (χ2v) is 10.1. The fourth-order valence-corrected chi connectivity index (χ4v) is 4.15. The molecule has 1 heterocycles. The maximum atomic E-state index is 15.9. The van der Waals surface area contributed by atoms with Gasteiger partial charge < -0.3 is 30.1 Å². The summed E-state index contributed by atoms with van der Waals surface area (Å²) in [5.41, 5.74) is 7.31. The molecule has 0 radical (unpaired) electrons. The van der Waals surface area contributed by atoms with Crippen molar-refractivity contribution in [2.24, 2.45) is 5.73 Å². The molecule has 0 atom stereocenters. The highest BCUT2D eigenvalue weighted by Crippen LogP contribution is 2.36. The number of hydrogen-bond donors (Lipinski definition) is 2. The Morgan fingerprint density at radius 2 is 1.52 bits per heavy atom. The average molecular weight is 605 g/mol. The lowest BCUT2D eigenvalue weighted by atomic mass is 10.0. The fraction of sp³-hybridized carbons (Fsp3) is 0.188. The standard InChI is InChI=1S/C32H30F2N4O6/c1-18-11-12-23(32(41)42)24(13-18)44-30-28(34)26(31(40)38(4)17-25(39)37(2)3)27(33)29(36-30)43-22-10-6-9-21(15-22)20-8-5-7-19(14-20)16-35/h5-15H,16-17,35H2,1-4H3,(H,41,42). The van der Waals surface area contributed by atoms with Crippen LogP contribution in [0.1, 0.15) is 31.8 Å². The lowest BCUT2D eigenvalue weighted by molar-refractivity contribution is -0.129. The minimum absolute atomic E-state index is 0.0981. The summed E-state index contributed by atoms with van der Waals surface area (Å²) in [6.07, 6.45) is 0. The van der Waals surface area contributed by atoms with E-state index in [1.54, 1.807) is 25.1 Å². The van der Waals surface area contributed by atoms with Gasteiger partial charge in [-0.05, 0) is 59.5 Å². The molecule has 12 heteroatoms. The van der Waals surface area contributed by atoms with Crippen LogP contribution in [-0.2, 0) is 11.3 Å². The molecule has 3 N–H and O–H groups in total. The number of rotatable bonds is 10. The lowest BCUT2D eigenvalue weighted by Gasteiger charge is -2.21. The molecule has 2 amide bonds. The van der Waals surface area contributed by atoms with Crippen molar-refractivity contribution in [3.05, 3.63) is 101 Å². The number of aryl methyl sites for hydroxylation is 1. The van der Waals surface area contributed by atoms with Gasteiger partial charge in [0.2, 0.25) is 17.5 Å². The Hall–Kier alpha value is -5.36. The van der Waals surface area contributed by atoms with Crippen LogP contribution in [0.25, 0.3) is 11.1 Å². The number of carbonyl (C=O) groups is 3. The van der Waals surface area contributed by atoms with E-state index in [0.29, 0.717) is 17.7 Å². The van der Waals surface area contributed by atoms with Crippen LogP contribution < -0.4 is 15.2 Å². The van der Waals surface area contributed by atoms with Gasteiger partial charge in [0, 0.05) is 27.7 Å². The summed E-state index contributed by atoms with van der Waals surface area (Å²) in [4.78, 5) is 43.2. The Balaban J connectivity index is 1.82. The van der Waals surface area contributed by atoms with Gasteiger partial charge in [0.1, 0.15) is 22.6 Å². The van der Waals surface area contributed by atoms with Crippen molar-refractivity contribution < 1.29 is 37.7 Å². The van der Waals surface area contributed by atoms with Crippen LogP contribution in [0.4, 0.5) is 8.78 Å². The third kappa shape index (κ3) is 6.98. The molecule has 0 aliphatic rings. The van der Waals surface area contributed by atoms with Gasteiger partial charge in [0.25, 0.3) is 17.7 Å². The molecule has 4 aromatic rings. The fourth-order valence-electron chi connectivity index (χ4n) is 4.15. The molecule has 0 spiro atoms.